The number of methoxy groups -OCH3 is 2. The van der Waals surface area contributed by atoms with E-state index in [-0.39, 0.29) is 28.6 Å². The Morgan fingerprint density at radius 3 is 2.45 bits per heavy atom. The summed E-state index contributed by atoms with van der Waals surface area (Å²) in [5.74, 6) is -0.356. The van der Waals surface area contributed by atoms with Gasteiger partial charge in [-0.15, -0.1) is 0 Å². The fraction of sp³-hybridized carbons (Fsp3) is 0.308. The summed E-state index contributed by atoms with van der Waals surface area (Å²) >= 11 is 0. The highest BCUT2D eigenvalue weighted by molar-refractivity contribution is 5.87. The maximum absolute atomic E-state index is 12.2. The van der Waals surface area contributed by atoms with Gasteiger partial charge in [0.1, 0.15) is 36.6 Å². The summed E-state index contributed by atoms with van der Waals surface area (Å²) in [6.45, 7) is -0.476. The molecule has 5 atom stereocenters. The van der Waals surface area contributed by atoms with Gasteiger partial charge >= 0.3 is 11.6 Å². The van der Waals surface area contributed by atoms with Gasteiger partial charge in [0.05, 0.1) is 14.2 Å². The predicted molar refractivity (Wildman–Crippen MR) is 131 cm³/mol. The molecular weight excluding hydrogens is 504 g/mol. The van der Waals surface area contributed by atoms with Gasteiger partial charge in [-0.05, 0) is 35.9 Å². The number of benzene rings is 2. The van der Waals surface area contributed by atoms with Crippen molar-refractivity contribution in [2.45, 2.75) is 30.7 Å². The zero-order valence-corrected chi connectivity index (χ0v) is 20.3. The van der Waals surface area contributed by atoms with Gasteiger partial charge in [0.25, 0.3) is 0 Å². The van der Waals surface area contributed by atoms with Gasteiger partial charge in [-0.3, -0.25) is 0 Å². The standard InChI is InChI=1S/C26H26O12/c1-33-17-9-13(3-6-15(17)27)4-7-21(28)35-12-20-23(30)24(31)25(32)26(38-20)37-19-11-16-14(10-18(19)34-2)5-8-22(29)36-16/h3-11,20,23-27,30-32H,12H2,1-2H3/b7-4+. The zero-order valence-electron chi connectivity index (χ0n) is 20.3. The molecule has 2 heterocycles. The number of phenolic OH excluding ortho intramolecular Hbond substituents is 1. The van der Waals surface area contributed by atoms with E-state index in [1.165, 1.54) is 50.6 Å². The van der Waals surface area contributed by atoms with E-state index in [1.807, 2.05) is 0 Å². The predicted octanol–water partition coefficient (Wildman–Crippen LogP) is 0.959. The van der Waals surface area contributed by atoms with Crippen LogP contribution >= 0.6 is 0 Å². The minimum absolute atomic E-state index is 0.0324. The molecule has 5 unspecified atom stereocenters. The van der Waals surface area contributed by atoms with Crippen LogP contribution in [0.2, 0.25) is 0 Å². The largest absolute Gasteiger partial charge is 0.504 e. The molecule has 0 amide bonds. The van der Waals surface area contributed by atoms with Crippen LogP contribution in [0.4, 0.5) is 0 Å². The Labute approximate surface area is 215 Å². The minimum Gasteiger partial charge on any atom is -0.504 e. The molecule has 0 spiro atoms. The Morgan fingerprint density at radius 1 is 0.947 bits per heavy atom. The first-order valence-electron chi connectivity index (χ1n) is 11.4. The molecule has 4 N–H and O–H groups in total. The Bertz CT molecular complexity index is 1380. The van der Waals surface area contributed by atoms with Crippen molar-refractivity contribution in [2.75, 3.05) is 20.8 Å². The number of rotatable bonds is 8. The van der Waals surface area contributed by atoms with Crippen LogP contribution in [0.15, 0.2) is 57.8 Å². The van der Waals surface area contributed by atoms with Crippen molar-refractivity contribution < 1.29 is 53.3 Å². The fourth-order valence-electron chi connectivity index (χ4n) is 3.78. The van der Waals surface area contributed by atoms with Crippen LogP contribution < -0.4 is 19.8 Å². The van der Waals surface area contributed by atoms with E-state index >= 15 is 0 Å². The number of ether oxygens (including phenoxy) is 5. The molecule has 1 saturated heterocycles. The lowest BCUT2D eigenvalue weighted by Gasteiger charge is -2.39. The van der Waals surface area contributed by atoms with E-state index in [2.05, 4.69) is 0 Å². The number of esters is 1. The summed E-state index contributed by atoms with van der Waals surface area (Å²) in [7, 11) is 2.77. The van der Waals surface area contributed by atoms with E-state index in [0.717, 1.165) is 6.08 Å². The molecule has 1 aliphatic rings. The van der Waals surface area contributed by atoms with Crippen molar-refractivity contribution >= 4 is 23.0 Å². The fourth-order valence-corrected chi connectivity index (χ4v) is 3.78. The SMILES string of the molecule is COc1cc(/C=C/C(=O)OCC2OC(Oc3cc4oc(=O)ccc4cc3OC)C(O)C(O)C2O)ccc1O. The van der Waals surface area contributed by atoms with Crippen LogP contribution in [-0.2, 0) is 14.3 Å². The van der Waals surface area contributed by atoms with Crippen LogP contribution in [0.3, 0.4) is 0 Å². The molecule has 1 aliphatic heterocycles. The number of fused-ring (bicyclic) bond motifs is 1. The molecule has 4 rings (SSSR count). The Kier molecular flexibility index (Phi) is 8.17. The highest BCUT2D eigenvalue weighted by Gasteiger charge is 2.45. The van der Waals surface area contributed by atoms with Crippen molar-refractivity contribution in [3.63, 3.8) is 0 Å². The quantitative estimate of drug-likeness (QED) is 0.185. The number of aliphatic hydroxyl groups is 3. The topological polar surface area (TPSA) is 174 Å². The Morgan fingerprint density at radius 2 is 1.71 bits per heavy atom. The van der Waals surface area contributed by atoms with Crippen LogP contribution in [0.5, 0.6) is 23.0 Å². The molecule has 1 aromatic heterocycles. The monoisotopic (exact) mass is 530 g/mol. The lowest BCUT2D eigenvalue weighted by molar-refractivity contribution is -0.278. The first-order chi connectivity index (χ1) is 18.2. The molecule has 0 bridgehead atoms. The second-order valence-electron chi connectivity index (χ2n) is 8.32. The van der Waals surface area contributed by atoms with E-state index in [4.69, 9.17) is 28.1 Å². The maximum Gasteiger partial charge on any atom is 0.336 e. The first kappa shape index (κ1) is 26.9. The van der Waals surface area contributed by atoms with Gasteiger partial charge < -0.3 is 48.5 Å². The number of aromatic hydroxyl groups is 1. The molecule has 0 radical (unpaired) electrons. The molecule has 0 aliphatic carbocycles. The number of carbonyl (C=O) groups excluding carboxylic acids is 1. The molecular formula is C26H26O12. The molecule has 1 fully saturated rings. The van der Waals surface area contributed by atoms with Crippen LogP contribution in [0.1, 0.15) is 5.56 Å². The van der Waals surface area contributed by atoms with Gasteiger partial charge in [-0.2, -0.15) is 0 Å². The lowest BCUT2D eigenvalue weighted by atomic mass is 9.99. The third kappa shape index (κ3) is 5.89. The average Bonchev–Trinajstić information content (AvgIpc) is 2.91. The summed E-state index contributed by atoms with van der Waals surface area (Å²) in [5.41, 5.74) is 0.155. The molecule has 2 aromatic carbocycles. The Balaban J connectivity index is 1.44. The van der Waals surface area contributed by atoms with Gasteiger partial charge in [-0.1, -0.05) is 6.07 Å². The van der Waals surface area contributed by atoms with E-state index < -0.39 is 48.9 Å². The van der Waals surface area contributed by atoms with Crippen molar-refractivity contribution in [3.05, 3.63) is 64.5 Å². The van der Waals surface area contributed by atoms with Gasteiger partial charge in [0.2, 0.25) is 6.29 Å². The van der Waals surface area contributed by atoms with Gasteiger partial charge in [0.15, 0.2) is 23.0 Å². The summed E-state index contributed by atoms with van der Waals surface area (Å²) in [4.78, 5) is 23.8. The third-order valence-corrected chi connectivity index (χ3v) is 5.82. The maximum atomic E-state index is 12.2. The molecule has 12 nitrogen and oxygen atoms in total. The minimum atomic E-state index is -1.69. The molecule has 0 saturated carbocycles. The van der Waals surface area contributed by atoms with Crippen molar-refractivity contribution in [1.29, 1.82) is 0 Å². The normalized spacial score (nSPS) is 23.3. The van der Waals surface area contributed by atoms with E-state index in [1.54, 1.807) is 12.1 Å². The number of hydrogen-bond donors (Lipinski definition) is 4. The molecule has 38 heavy (non-hydrogen) atoms. The average molecular weight is 530 g/mol. The van der Waals surface area contributed by atoms with Crippen molar-refractivity contribution in [3.8, 4) is 23.0 Å². The summed E-state index contributed by atoms with van der Waals surface area (Å²) < 4.78 is 31.9. The summed E-state index contributed by atoms with van der Waals surface area (Å²) in [6, 6.07) is 10.2. The number of phenols is 1. The third-order valence-electron chi connectivity index (χ3n) is 5.82. The number of aliphatic hydroxyl groups excluding tert-OH is 3. The highest BCUT2D eigenvalue weighted by atomic mass is 16.7. The van der Waals surface area contributed by atoms with Gasteiger partial charge in [0, 0.05) is 23.6 Å². The zero-order chi connectivity index (χ0) is 27.4. The smallest absolute Gasteiger partial charge is 0.336 e. The highest BCUT2D eigenvalue weighted by Crippen LogP contribution is 2.34. The Hall–Kier alpha value is -4.10. The van der Waals surface area contributed by atoms with Crippen LogP contribution in [0.25, 0.3) is 17.0 Å². The molecule has 12 heteroatoms. The van der Waals surface area contributed by atoms with Crippen LogP contribution in [0, 0.1) is 0 Å². The molecule has 202 valence electrons. The summed E-state index contributed by atoms with van der Waals surface area (Å²) in [5, 5.41) is 41.4. The number of hydrogen-bond acceptors (Lipinski definition) is 12. The molecule has 3 aromatic rings. The summed E-state index contributed by atoms with van der Waals surface area (Å²) in [6.07, 6.45) is -5.18. The second kappa shape index (κ2) is 11.5. The lowest BCUT2D eigenvalue weighted by Crippen LogP contribution is -2.60. The van der Waals surface area contributed by atoms with E-state index in [9.17, 15) is 30.0 Å². The van der Waals surface area contributed by atoms with Crippen LogP contribution in [-0.4, -0.2) is 77.9 Å². The van der Waals surface area contributed by atoms with Crippen molar-refractivity contribution in [1.82, 2.24) is 0 Å². The number of carbonyl (C=O) groups is 1. The van der Waals surface area contributed by atoms with Crippen molar-refractivity contribution in [2.24, 2.45) is 0 Å². The van der Waals surface area contributed by atoms with Gasteiger partial charge in [-0.25, -0.2) is 9.59 Å². The first-order valence-corrected chi connectivity index (χ1v) is 11.4. The second-order valence-corrected chi connectivity index (χ2v) is 8.32. The van der Waals surface area contributed by atoms with E-state index in [0.29, 0.717) is 10.9 Å².